The molecule has 0 unspecified atom stereocenters. The number of nitrogens with one attached hydrogen (secondary N) is 1. The van der Waals surface area contributed by atoms with Crippen molar-refractivity contribution in [2.75, 3.05) is 11.9 Å². The van der Waals surface area contributed by atoms with Gasteiger partial charge in [0, 0.05) is 17.0 Å². The van der Waals surface area contributed by atoms with Crippen LogP contribution in [0.4, 0.5) is 5.82 Å². The second kappa shape index (κ2) is 10.5. The van der Waals surface area contributed by atoms with E-state index in [-0.39, 0.29) is 18.3 Å². The Balaban J connectivity index is 0.00000288. The lowest BCUT2D eigenvalue weighted by atomic mass is 10.1. The number of nitrogens with two attached hydrogens (primary N) is 1. The highest BCUT2D eigenvalue weighted by atomic mass is 79.9. The molecule has 1 aromatic carbocycles. The van der Waals surface area contributed by atoms with E-state index in [1.165, 1.54) is 0 Å². The van der Waals surface area contributed by atoms with E-state index in [1.807, 2.05) is 37.3 Å². The van der Waals surface area contributed by atoms with Crippen molar-refractivity contribution in [3.8, 4) is 5.69 Å². The van der Waals surface area contributed by atoms with Crippen molar-refractivity contribution >= 4 is 40.1 Å². The van der Waals surface area contributed by atoms with Crippen LogP contribution in [0.15, 0.2) is 34.8 Å². The molecule has 2 aromatic rings. The van der Waals surface area contributed by atoms with Crippen LogP contribution in [0, 0.1) is 6.92 Å². The Morgan fingerprint density at radius 2 is 2.00 bits per heavy atom. The van der Waals surface area contributed by atoms with Crippen LogP contribution >= 0.6 is 28.3 Å². The minimum absolute atomic E-state index is 0. The highest BCUT2D eigenvalue weighted by molar-refractivity contribution is 9.10. The summed E-state index contributed by atoms with van der Waals surface area (Å²) in [4.78, 5) is 12.1. The van der Waals surface area contributed by atoms with Crippen LogP contribution in [0.3, 0.4) is 0 Å². The number of hydrogen-bond acceptors (Lipinski definition) is 3. The molecular weight excluding hydrogens is 392 g/mol. The van der Waals surface area contributed by atoms with Gasteiger partial charge in [0.15, 0.2) is 0 Å². The predicted octanol–water partition coefficient (Wildman–Crippen LogP) is 4.21. The first-order chi connectivity index (χ1) is 11.1. The molecule has 0 bridgehead atoms. The number of nitrogens with zero attached hydrogens (tertiary/aromatic N) is 2. The smallest absolute Gasteiger partial charge is 0.225 e. The van der Waals surface area contributed by atoms with Crippen LogP contribution in [0.2, 0.25) is 0 Å². The lowest BCUT2D eigenvalue weighted by Gasteiger charge is -2.09. The fourth-order valence-electron chi connectivity index (χ4n) is 2.38. The van der Waals surface area contributed by atoms with E-state index in [9.17, 15) is 4.79 Å². The third kappa shape index (κ3) is 6.26. The maximum atomic E-state index is 12.1. The highest BCUT2D eigenvalue weighted by Gasteiger charge is 2.11. The standard InChI is InChI=1S/C17H23BrN4O.ClH/c1-13-11-16(20-17(23)9-4-2-3-5-10-19)22(21-13)15-8-6-7-14(18)12-15;/h6-8,11-12H,2-5,9-10,19H2,1H3,(H,20,23);1H. The normalized spacial score (nSPS) is 10.3. The van der Waals surface area contributed by atoms with Gasteiger partial charge < -0.3 is 11.1 Å². The second-order valence-electron chi connectivity index (χ2n) is 5.56. The molecule has 3 N–H and O–H groups in total. The van der Waals surface area contributed by atoms with Crippen LogP contribution in [0.25, 0.3) is 5.69 Å². The number of benzene rings is 1. The Labute approximate surface area is 157 Å². The molecule has 0 radical (unpaired) electrons. The maximum Gasteiger partial charge on any atom is 0.225 e. The molecular formula is C17H24BrClN4O. The molecule has 0 saturated heterocycles. The van der Waals surface area contributed by atoms with Crippen molar-refractivity contribution in [3.05, 3.63) is 40.5 Å². The summed E-state index contributed by atoms with van der Waals surface area (Å²) < 4.78 is 2.73. The van der Waals surface area contributed by atoms with E-state index >= 15 is 0 Å². The molecule has 0 fully saturated rings. The Kier molecular flexibility index (Phi) is 9.03. The van der Waals surface area contributed by atoms with E-state index in [0.29, 0.717) is 12.2 Å². The summed E-state index contributed by atoms with van der Waals surface area (Å²) >= 11 is 3.46. The summed E-state index contributed by atoms with van der Waals surface area (Å²) in [5.41, 5.74) is 7.24. The predicted molar refractivity (Wildman–Crippen MR) is 104 cm³/mol. The summed E-state index contributed by atoms with van der Waals surface area (Å²) in [6.07, 6.45) is 4.55. The molecule has 24 heavy (non-hydrogen) atoms. The number of carbonyl (C=O) groups is 1. The number of amides is 1. The van der Waals surface area contributed by atoms with Crippen molar-refractivity contribution in [1.82, 2.24) is 9.78 Å². The number of aromatic nitrogens is 2. The number of aryl methyl sites for hydroxylation is 1. The first-order valence-corrected chi connectivity index (χ1v) is 8.72. The fraction of sp³-hybridized carbons (Fsp3) is 0.412. The van der Waals surface area contributed by atoms with Crippen molar-refractivity contribution in [2.45, 2.75) is 39.0 Å². The fourth-order valence-corrected chi connectivity index (χ4v) is 2.77. The summed E-state index contributed by atoms with van der Waals surface area (Å²) in [6, 6.07) is 9.71. The first kappa shape index (κ1) is 20.7. The average molecular weight is 416 g/mol. The third-order valence-electron chi connectivity index (χ3n) is 3.51. The monoisotopic (exact) mass is 414 g/mol. The van der Waals surface area contributed by atoms with Crippen molar-refractivity contribution in [3.63, 3.8) is 0 Å². The van der Waals surface area contributed by atoms with Crippen molar-refractivity contribution in [1.29, 1.82) is 0 Å². The minimum atomic E-state index is 0. The van der Waals surface area contributed by atoms with E-state index in [4.69, 9.17) is 5.73 Å². The van der Waals surface area contributed by atoms with Gasteiger partial charge >= 0.3 is 0 Å². The second-order valence-corrected chi connectivity index (χ2v) is 6.48. The first-order valence-electron chi connectivity index (χ1n) is 7.92. The molecule has 132 valence electrons. The third-order valence-corrected chi connectivity index (χ3v) is 4.00. The van der Waals surface area contributed by atoms with Gasteiger partial charge in [-0.15, -0.1) is 12.4 Å². The van der Waals surface area contributed by atoms with Gasteiger partial charge in [0.2, 0.25) is 5.91 Å². The zero-order chi connectivity index (χ0) is 16.7. The summed E-state index contributed by atoms with van der Waals surface area (Å²) in [6.45, 7) is 2.63. The lowest BCUT2D eigenvalue weighted by molar-refractivity contribution is -0.116. The summed E-state index contributed by atoms with van der Waals surface area (Å²) in [5.74, 6) is 0.724. The highest BCUT2D eigenvalue weighted by Crippen LogP contribution is 2.20. The molecule has 5 nitrogen and oxygen atoms in total. The summed E-state index contributed by atoms with van der Waals surface area (Å²) in [5, 5.41) is 7.42. The van der Waals surface area contributed by atoms with E-state index < -0.39 is 0 Å². The van der Waals surface area contributed by atoms with Gasteiger partial charge in [-0.25, -0.2) is 4.68 Å². The Morgan fingerprint density at radius 1 is 1.25 bits per heavy atom. The van der Waals surface area contributed by atoms with Crippen LogP contribution in [-0.4, -0.2) is 22.2 Å². The van der Waals surface area contributed by atoms with Gasteiger partial charge in [-0.3, -0.25) is 4.79 Å². The number of anilines is 1. The number of hydrogen-bond donors (Lipinski definition) is 2. The van der Waals surface area contributed by atoms with E-state index in [2.05, 4.69) is 26.3 Å². The van der Waals surface area contributed by atoms with Crippen LogP contribution < -0.4 is 11.1 Å². The number of halogens is 2. The average Bonchev–Trinajstić information content (AvgIpc) is 2.87. The number of carbonyl (C=O) groups excluding carboxylic acids is 1. The lowest BCUT2D eigenvalue weighted by Crippen LogP contribution is -2.14. The van der Waals surface area contributed by atoms with Crippen molar-refractivity contribution in [2.24, 2.45) is 5.73 Å². The Bertz CT molecular complexity index is 660. The van der Waals surface area contributed by atoms with Gasteiger partial charge in [-0.1, -0.05) is 34.8 Å². The maximum absolute atomic E-state index is 12.1. The quantitative estimate of drug-likeness (QED) is 0.634. The molecule has 0 aliphatic heterocycles. The van der Waals surface area contributed by atoms with Gasteiger partial charge in [0.25, 0.3) is 0 Å². The van der Waals surface area contributed by atoms with Crippen molar-refractivity contribution < 1.29 is 4.79 Å². The topological polar surface area (TPSA) is 72.9 Å². The molecule has 0 aliphatic rings. The largest absolute Gasteiger partial charge is 0.330 e. The van der Waals surface area contributed by atoms with Gasteiger partial charge in [-0.05, 0) is 44.5 Å². The number of unbranched alkanes of at least 4 members (excludes halogenated alkanes) is 3. The zero-order valence-electron chi connectivity index (χ0n) is 13.8. The zero-order valence-corrected chi connectivity index (χ0v) is 16.2. The van der Waals surface area contributed by atoms with E-state index in [1.54, 1.807) is 4.68 Å². The molecule has 7 heteroatoms. The Hall–Kier alpha value is -1.37. The van der Waals surface area contributed by atoms with Crippen LogP contribution in [-0.2, 0) is 4.79 Å². The molecule has 1 amide bonds. The van der Waals surface area contributed by atoms with Gasteiger partial charge in [0.05, 0.1) is 11.4 Å². The molecule has 1 aromatic heterocycles. The Morgan fingerprint density at radius 3 is 2.71 bits per heavy atom. The molecule has 1 heterocycles. The van der Waals surface area contributed by atoms with Crippen LogP contribution in [0.5, 0.6) is 0 Å². The molecule has 2 rings (SSSR count). The van der Waals surface area contributed by atoms with Gasteiger partial charge in [-0.2, -0.15) is 5.10 Å². The van der Waals surface area contributed by atoms with Gasteiger partial charge in [0.1, 0.15) is 5.82 Å². The SMILES string of the molecule is Cc1cc(NC(=O)CCCCCCN)n(-c2cccc(Br)c2)n1.Cl. The summed E-state index contributed by atoms with van der Waals surface area (Å²) in [7, 11) is 0. The molecule has 0 atom stereocenters. The molecule has 0 aliphatic carbocycles. The minimum Gasteiger partial charge on any atom is -0.330 e. The number of rotatable bonds is 8. The van der Waals surface area contributed by atoms with Crippen LogP contribution in [0.1, 0.15) is 37.8 Å². The van der Waals surface area contributed by atoms with E-state index in [0.717, 1.165) is 48.1 Å². The molecule has 0 spiro atoms. The molecule has 0 saturated carbocycles.